The number of aliphatic carboxylic acids is 1. The highest BCUT2D eigenvalue weighted by Gasteiger charge is 2.20. The van der Waals surface area contributed by atoms with Crippen LogP contribution in [0.1, 0.15) is 32.6 Å². The van der Waals surface area contributed by atoms with E-state index >= 15 is 0 Å². The predicted octanol–water partition coefficient (Wildman–Crippen LogP) is 0.879. The van der Waals surface area contributed by atoms with Gasteiger partial charge >= 0.3 is 5.97 Å². The van der Waals surface area contributed by atoms with E-state index in [9.17, 15) is 9.59 Å². The molecule has 0 aliphatic carbocycles. The Morgan fingerprint density at radius 1 is 1.38 bits per heavy atom. The molecule has 5 nitrogen and oxygen atoms in total. The van der Waals surface area contributed by atoms with Crippen LogP contribution in [0.15, 0.2) is 0 Å². The number of rotatable bonds is 5. The summed E-state index contributed by atoms with van der Waals surface area (Å²) >= 11 is 0. The lowest BCUT2D eigenvalue weighted by atomic mass is 10.1. The number of amides is 1. The van der Waals surface area contributed by atoms with E-state index in [0.717, 1.165) is 0 Å². The van der Waals surface area contributed by atoms with Gasteiger partial charge in [-0.2, -0.15) is 0 Å². The van der Waals surface area contributed by atoms with Crippen molar-refractivity contribution in [2.75, 3.05) is 19.7 Å². The Balaban J connectivity index is 2.16. The highest BCUT2D eigenvalue weighted by Crippen LogP contribution is 2.08. The van der Waals surface area contributed by atoms with Gasteiger partial charge in [0.15, 0.2) is 0 Å². The summed E-state index contributed by atoms with van der Waals surface area (Å²) in [5, 5.41) is 8.45. The molecule has 0 saturated carbocycles. The van der Waals surface area contributed by atoms with E-state index in [-0.39, 0.29) is 18.4 Å². The molecule has 0 bridgehead atoms. The van der Waals surface area contributed by atoms with Crippen molar-refractivity contribution in [3.63, 3.8) is 0 Å². The van der Waals surface area contributed by atoms with Crippen LogP contribution in [-0.2, 0) is 14.3 Å². The molecule has 92 valence electrons. The predicted molar refractivity (Wildman–Crippen MR) is 58.1 cm³/mol. The Labute approximate surface area is 95.4 Å². The number of hydrogen-bond acceptors (Lipinski definition) is 3. The van der Waals surface area contributed by atoms with Crippen molar-refractivity contribution in [3.8, 4) is 0 Å². The number of ether oxygens (including phenoxy) is 1. The summed E-state index contributed by atoms with van der Waals surface area (Å²) in [5.74, 6) is -0.687. The first-order valence-corrected chi connectivity index (χ1v) is 5.71. The van der Waals surface area contributed by atoms with Crippen LogP contribution in [0, 0.1) is 0 Å². The lowest BCUT2D eigenvalue weighted by molar-refractivity contribution is -0.139. The lowest BCUT2D eigenvalue weighted by Crippen LogP contribution is -2.44. The molecule has 0 aromatic carbocycles. The van der Waals surface area contributed by atoms with E-state index < -0.39 is 5.97 Å². The first-order valence-electron chi connectivity index (χ1n) is 5.71. The number of nitrogens with zero attached hydrogens (tertiary/aromatic N) is 1. The second-order valence-electron chi connectivity index (χ2n) is 4.12. The largest absolute Gasteiger partial charge is 0.481 e. The van der Waals surface area contributed by atoms with Crippen LogP contribution in [0.2, 0.25) is 0 Å². The number of carboxylic acids is 1. The van der Waals surface area contributed by atoms with E-state index in [1.165, 1.54) is 0 Å². The number of carboxylic acid groups (broad SMARTS) is 1. The minimum Gasteiger partial charge on any atom is -0.481 e. The molecule has 0 radical (unpaired) electrons. The van der Waals surface area contributed by atoms with Crippen molar-refractivity contribution in [1.82, 2.24) is 4.90 Å². The molecule has 1 atom stereocenters. The number of morpholine rings is 1. The van der Waals surface area contributed by atoms with Gasteiger partial charge in [-0.3, -0.25) is 9.59 Å². The second-order valence-corrected chi connectivity index (χ2v) is 4.12. The molecule has 1 aliphatic rings. The molecule has 1 amide bonds. The topological polar surface area (TPSA) is 66.8 Å². The van der Waals surface area contributed by atoms with Crippen molar-refractivity contribution in [2.45, 2.75) is 38.7 Å². The molecular weight excluding hydrogens is 210 g/mol. The third kappa shape index (κ3) is 4.61. The van der Waals surface area contributed by atoms with Gasteiger partial charge in [0.1, 0.15) is 0 Å². The Kier molecular flexibility index (Phi) is 5.25. The number of unbranched alkanes of at least 4 members (excludes halogenated alkanes) is 1. The second kappa shape index (κ2) is 6.48. The zero-order valence-corrected chi connectivity index (χ0v) is 9.65. The molecule has 1 heterocycles. The summed E-state index contributed by atoms with van der Waals surface area (Å²) in [6.07, 6.45) is 1.92. The number of hydrogen-bond donors (Lipinski definition) is 1. The van der Waals surface area contributed by atoms with Crippen LogP contribution in [0.4, 0.5) is 0 Å². The third-order valence-corrected chi connectivity index (χ3v) is 2.63. The fourth-order valence-corrected chi connectivity index (χ4v) is 1.76. The summed E-state index contributed by atoms with van der Waals surface area (Å²) in [6, 6.07) is 0. The Bertz CT molecular complexity index is 254. The monoisotopic (exact) mass is 229 g/mol. The molecule has 1 N–H and O–H groups in total. The molecular formula is C11H19NO4. The lowest BCUT2D eigenvalue weighted by Gasteiger charge is -2.31. The molecule has 5 heteroatoms. The van der Waals surface area contributed by atoms with Gasteiger partial charge in [-0.25, -0.2) is 0 Å². The van der Waals surface area contributed by atoms with Crippen LogP contribution in [0.25, 0.3) is 0 Å². The van der Waals surface area contributed by atoms with Gasteiger partial charge < -0.3 is 14.7 Å². The molecule has 1 fully saturated rings. The van der Waals surface area contributed by atoms with Crippen LogP contribution >= 0.6 is 0 Å². The van der Waals surface area contributed by atoms with E-state index in [1.54, 1.807) is 4.90 Å². The summed E-state index contributed by atoms with van der Waals surface area (Å²) in [5.41, 5.74) is 0. The Morgan fingerprint density at radius 2 is 2.06 bits per heavy atom. The molecule has 0 aromatic rings. The zero-order chi connectivity index (χ0) is 12.0. The smallest absolute Gasteiger partial charge is 0.303 e. The fraction of sp³-hybridized carbons (Fsp3) is 0.818. The third-order valence-electron chi connectivity index (χ3n) is 2.63. The van der Waals surface area contributed by atoms with E-state index in [1.807, 2.05) is 6.92 Å². The van der Waals surface area contributed by atoms with Gasteiger partial charge in [-0.1, -0.05) is 0 Å². The normalized spacial score (nSPS) is 20.8. The first kappa shape index (κ1) is 13.0. The van der Waals surface area contributed by atoms with Gasteiger partial charge in [0.2, 0.25) is 5.91 Å². The molecule has 1 rings (SSSR count). The molecule has 1 aliphatic heterocycles. The van der Waals surface area contributed by atoms with Crippen LogP contribution in [0.3, 0.4) is 0 Å². The van der Waals surface area contributed by atoms with Gasteiger partial charge in [-0.15, -0.1) is 0 Å². The van der Waals surface area contributed by atoms with Crippen molar-refractivity contribution >= 4 is 11.9 Å². The Hall–Kier alpha value is -1.10. The highest BCUT2D eigenvalue weighted by molar-refractivity contribution is 5.76. The molecule has 1 saturated heterocycles. The minimum atomic E-state index is -0.799. The van der Waals surface area contributed by atoms with Gasteiger partial charge in [0.25, 0.3) is 0 Å². The van der Waals surface area contributed by atoms with Crippen LogP contribution in [-0.4, -0.2) is 47.7 Å². The van der Waals surface area contributed by atoms with E-state index in [2.05, 4.69) is 0 Å². The molecule has 16 heavy (non-hydrogen) atoms. The summed E-state index contributed by atoms with van der Waals surface area (Å²) < 4.78 is 5.34. The van der Waals surface area contributed by atoms with Crippen molar-refractivity contribution in [2.24, 2.45) is 0 Å². The standard InChI is InChI=1S/C11H19NO4/c1-9-8-12(6-7-16-9)10(13)4-2-3-5-11(14)15/h9H,2-8H2,1H3,(H,14,15). The van der Waals surface area contributed by atoms with Crippen molar-refractivity contribution in [1.29, 1.82) is 0 Å². The molecule has 0 aromatic heterocycles. The van der Waals surface area contributed by atoms with E-state index in [0.29, 0.717) is 39.0 Å². The minimum absolute atomic E-state index is 0.108. The molecule has 1 unspecified atom stereocenters. The van der Waals surface area contributed by atoms with Crippen LogP contribution < -0.4 is 0 Å². The quantitative estimate of drug-likeness (QED) is 0.711. The van der Waals surface area contributed by atoms with Gasteiger partial charge in [-0.05, 0) is 19.8 Å². The zero-order valence-electron chi connectivity index (χ0n) is 9.65. The van der Waals surface area contributed by atoms with Gasteiger partial charge in [0.05, 0.1) is 12.7 Å². The van der Waals surface area contributed by atoms with Crippen molar-refractivity contribution < 1.29 is 19.4 Å². The number of carbonyl (C=O) groups excluding carboxylic acids is 1. The maximum absolute atomic E-state index is 11.7. The Morgan fingerprint density at radius 3 is 2.69 bits per heavy atom. The maximum Gasteiger partial charge on any atom is 0.303 e. The van der Waals surface area contributed by atoms with Gasteiger partial charge in [0, 0.05) is 25.9 Å². The SMILES string of the molecule is CC1CN(C(=O)CCCCC(=O)O)CCO1. The summed E-state index contributed by atoms with van der Waals surface area (Å²) in [7, 11) is 0. The molecule has 0 spiro atoms. The average Bonchev–Trinajstić information content (AvgIpc) is 2.24. The highest BCUT2D eigenvalue weighted by atomic mass is 16.5. The number of carbonyl (C=O) groups is 2. The first-order chi connectivity index (χ1) is 7.59. The van der Waals surface area contributed by atoms with Crippen LogP contribution in [0.5, 0.6) is 0 Å². The summed E-state index contributed by atoms with van der Waals surface area (Å²) in [6.45, 7) is 3.85. The van der Waals surface area contributed by atoms with E-state index in [4.69, 9.17) is 9.84 Å². The average molecular weight is 229 g/mol. The fourth-order valence-electron chi connectivity index (χ4n) is 1.76. The maximum atomic E-state index is 11.7. The summed E-state index contributed by atoms with van der Waals surface area (Å²) in [4.78, 5) is 23.8. The van der Waals surface area contributed by atoms with Crippen molar-refractivity contribution in [3.05, 3.63) is 0 Å².